The number of hydrogen-bond donors (Lipinski definition) is 0. The highest BCUT2D eigenvalue weighted by molar-refractivity contribution is 7.99. The minimum atomic E-state index is 0.124. The second-order valence-electron chi connectivity index (χ2n) is 4.54. The van der Waals surface area contributed by atoms with Crippen molar-refractivity contribution < 1.29 is 4.79 Å². The quantitative estimate of drug-likeness (QED) is 0.474. The van der Waals surface area contributed by atoms with Gasteiger partial charge in [0.15, 0.2) is 5.78 Å². The van der Waals surface area contributed by atoms with Crippen molar-refractivity contribution in [1.82, 2.24) is 9.97 Å². The Labute approximate surface area is 117 Å². The lowest BCUT2D eigenvalue weighted by atomic mass is 10.0. The molecular formula is C15H16N2OS. The Morgan fingerprint density at radius 3 is 2.53 bits per heavy atom. The number of carbonyl (C=O) groups is 1. The third-order valence-electron chi connectivity index (χ3n) is 2.81. The number of hydrogen-bond acceptors (Lipinski definition) is 4. The molecule has 0 spiro atoms. The summed E-state index contributed by atoms with van der Waals surface area (Å²) in [7, 11) is 0. The molecule has 3 nitrogen and oxygen atoms in total. The molecule has 0 bridgehead atoms. The molecule has 2 rings (SSSR count). The number of ketones is 1. The number of rotatable bonds is 5. The van der Waals surface area contributed by atoms with Crippen LogP contribution in [0.4, 0.5) is 0 Å². The van der Waals surface area contributed by atoms with Gasteiger partial charge >= 0.3 is 0 Å². The molecular weight excluding hydrogens is 256 g/mol. The first-order chi connectivity index (χ1) is 9.16. The maximum Gasteiger partial charge on any atom is 0.173 e. The second kappa shape index (κ2) is 6.48. The van der Waals surface area contributed by atoms with E-state index in [0.29, 0.717) is 11.7 Å². The van der Waals surface area contributed by atoms with Crippen LogP contribution in [0.15, 0.2) is 47.9 Å². The molecule has 19 heavy (non-hydrogen) atoms. The first-order valence-corrected chi connectivity index (χ1v) is 7.17. The van der Waals surface area contributed by atoms with E-state index in [0.717, 1.165) is 10.6 Å². The Bertz CT molecular complexity index is 538. The Kier molecular flexibility index (Phi) is 4.68. The van der Waals surface area contributed by atoms with Gasteiger partial charge in [0.05, 0.1) is 10.8 Å². The molecule has 0 atom stereocenters. The molecule has 1 aromatic carbocycles. The van der Waals surface area contributed by atoms with Gasteiger partial charge in [0.1, 0.15) is 6.33 Å². The van der Waals surface area contributed by atoms with Gasteiger partial charge in [0.2, 0.25) is 0 Å². The third-order valence-corrected chi connectivity index (χ3v) is 3.75. The molecule has 0 amide bonds. The number of nitrogens with zero attached hydrogens (tertiary/aromatic N) is 2. The van der Waals surface area contributed by atoms with E-state index >= 15 is 0 Å². The van der Waals surface area contributed by atoms with Gasteiger partial charge in [-0.15, -0.1) is 0 Å². The first-order valence-electron chi connectivity index (χ1n) is 6.19. The van der Waals surface area contributed by atoms with Crippen LogP contribution in [-0.4, -0.2) is 21.5 Å². The molecule has 2 aromatic rings. The van der Waals surface area contributed by atoms with Gasteiger partial charge in [0.25, 0.3) is 0 Å². The van der Waals surface area contributed by atoms with E-state index < -0.39 is 0 Å². The Morgan fingerprint density at radius 1 is 1.21 bits per heavy atom. The van der Waals surface area contributed by atoms with E-state index in [1.165, 1.54) is 23.7 Å². The van der Waals surface area contributed by atoms with Crippen LogP contribution >= 0.6 is 11.8 Å². The van der Waals surface area contributed by atoms with Gasteiger partial charge < -0.3 is 0 Å². The lowest BCUT2D eigenvalue weighted by Gasteiger charge is -2.06. The zero-order valence-corrected chi connectivity index (χ0v) is 11.9. The van der Waals surface area contributed by atoms with Crippen LogP contribution < -0.4 is 0 Å². The molecule has 0 unspecified atom stereocenters. The normalized spacial score (nSPS) is 10.7. The minimum Gasteiger partial charge on any atom is -0.293 e. The number of carbonyl (C=O) groups excluding carboxylic acids is 1. The van der Waals surface area contributed by atoms with Gasteiger partial charge in [-0.25, -0.2) is 9.97 Å². The average molecular weight is 272 g/mol. The molecule has 1 aromatic heterocycles. The maximum atomic E-state index is 12.0. The summed E-state index contributed by atoms with van der Waals surface area (Å²) in [5.41, 5.74) is 2.01. The van der Waals surface area contributed by atoms with Crippen molar-refractivity contribution in [2.75, 3.05) is 5.75 Å². The summed E-state index contributed by atoms with van der Waals surface area (Å²) in [6.45, 7) is 4.28. The van der Waals surface area contributed by atoms with E-state index in [1.807, 2.05) is 24.3 Å². The topological polar surface area (TPSA) is 42.9 Å². The number of benzene rings is 1. The fourth-order valence-corrected chi connectivity index (χ4v) is 2.37. The van der Waals surface area contributed by atoms with Crippen molar-refractivity contribution in [3.8, 4) is 0 Å². The molecule has 4 heteroatoms. The monoisotopic (exact) mass is 272 g/mol. The third kappa shape index (κ3) is 3.89. The van der Waals surface area contributed by atoms with Crippen molar-refractivity contribution >= 4 is 17.5 Å². The molecule has 0 aliphatic heterocycles. The minimum absolute atomic E-state index is 0.124. The van der Waals surface area contributed by atoms with Gasteiger partial charge in [0, 0.05) is 11.8 Å². The van der Waals surface area contributed by atoms with Crippen molar-refractivity contribution in [1.29, 1.82) is 0 Å². The molecule has 0 fully saturated rings. The highest BCUT2D eigenvalue weighted by Crippen LogP contribution is 2.18. The smallest absolute Gasteiger partial charge is 0.173 e. The van der Waals surface area contributed by atoms with E-state index in [2.05, 4.69) is 23.8 Å². The Balaban J connectivity index is 1.96. The number of aromatic nitrogens is 2. The van der Waals surface area contributed by atoms with Crippen LogP contribution in [0, 0.1) is 0 Å². The van der Waals surface area contributed by atoms with E-state index in [-0.39, 0.29) is 5.78 Å². The largest absolute Gasteiger partial charge is 0.293 e. The van der Waals surface area contributed by atoms with E-state index in [4.69, 9.17) is 0 Å². The molecule has 0 N–H and O–H groups in total. The fraction of sp³-hybridized carbons (Fsp3) is 0.267. The SMILES string of the molecule is CC(C)c1ccc(C(=O)CSc2ccncn2)cc1. The fourth-order valence-electron chi connectivity index (χ4n) is 1.64. The predicted molar refractivity (Wildman–Crippen MR) is 77.6 cm³/mol. The number of Topliss-reactive ketones (excluding diaryl/α,β-unsaturated/α-hetero) is 1. The van der Waals surface area contributed by atoms with Gasteiger partial charge in [-0.1, -0.05) is 49.9 Å². The van der Waals surface area contributed by atoms with Crippen molar-refractivity contribution in [3.63, 3.8) is 0 Å². The Morgan fingerprint density at radius 2 is 1.95 bits per heavy atom. The van der Waals surface area contributed by atoms with Crippen LogP contribution in [0.1, 0.15) is 35.7 Å². The molecule has 0 aliphatic carbocycles. The summed E-state index contributed by atoms with van der Waals surface area (Å²) >= 11 is 1.43. The molecule has 0 saturated carbocycles. The van der Waals surface area contributed by atoms with Gasteiger partial charge in [-0.3, -0.25) is 4.79 Å². The number of thioether (sulfide) groups is 1. The van der Waals surface area contributed by atoms with Crippen LogP contribution in [0.3, 0.4) is 0 Å². The van der Waals surface area contributed by atoms with Crippen LogP contribution in [0.2, 0.25) is 0 Å². The zero-order chi connectivity index (χ0) is 13.7. The second-order valence-corrected chi connectivity index (χ2v) is 5.53. The molecule has 98 valence electrons. The van der Waals surface area contributed by atoms with Crippen LogP contribution in [0.5, 0.6) is 0 Å². The first kappa shape index (κ1) is 13.7. The van der Waals surface area contributed by atoms with Gasteiger partial charge in [-0.2, -0.15) is 0 Å². The highest BCUT2D eigenvalue weighted by Gasteiger charge is 2.08. The van der Waals surface area contributed by atoms with Gasteiger partial charge in [-0.05, 0) is 17.5 Å². The lowest BCUT2D eigenvalue weighted by molar-refractivity contribution is 0.102. The van der Waals surface area contributed by atoms with E-state index in [1.54, 1.807) is 12.3 Å². The lowest BCUT2D eigenvalue weighted by Crippen LogP contribution is -2.03. The summed E-state index contributed by atoms with van der Waals surface area (Å²) in [6, 6.07) is 9.65. The van der Waals surface area contributed by atoms with Crippen molar-refractivity contribution in [3.05, 3.63) is 54.0 Å². The molecule has 0 aliphatic rings. The average Bonchev–Trinajstić information content (AvgIpc) is 2.46. The summed E-state index contributed by atoms with van der Waals surface area (Å²) in [5.74, 6) is 1.01. The molecule has 0 radical (unpaired) electrons. The Hall–Kier alpha value is -1.68. The summed E-state index contributed by atoms with van der Waals surface area (Å²) in [6.07, 6.45) is 3.17. The maximum absolute atomic E-state index is 12.0. The van der Waals surface area contributed by atoms with Crippen LogP contribution in [-0.2, 0) is 0 Å². The van der Waals surface area contributed by atoms with Crippen LogP contribution in [0.25, 0.3) is 0 Å². The predicted octanol–water partition coefficient (Wildman–Crippen LogP) is 3.58. The summed E-state index contributed by atoms with van der Waals surface area (Å²) in [4.78, 5) is 20.0. The van der Waals surface area contributed by atoms with Crippen molar-refractivity contribution in [2.45, 2.75) is 24.8 Å². The molecule has 0 saturated heterocycles. The highest BCUT2D eigenvalue weighted by atomic mass is 32.2. The zero-order valence-electron chi connectivity index (χ0n) is 11.0. The molecule has 1 heterocycles. The van der Waals surface area contributed by atoms with Crippen molar-refractivity contribution in [2.24, 2.45) is 0 Å². The summed E-state index contributed by atoms with van der Waals surface area (Å²) < 4.78 is 0. The van der Waals surface area contributed by atoms with E-state index in [9.17, 15) is 4.79 Å². The standard InChI is InChI=1S/C15H16N2OS/c1-11(2)12-3-5-13(6-4-12)14(18)9-19-15-7-8-16-10-17-15/h3-8,10-11H,9H2,1-2H3. The summed E-state index contributed by atoms with van der Waals surface area (Å²) in [5, 5.41) is 0.821.